The van der Waals surface area contributed by atoms with Crippen molar-refractivity contribution < 1.29 is 4.79 Å². The summed E-state index contributed by atoms with van der Waals surface area (Å²) in [6, 6.07) is 0.379. The van der Waals surface area contributed by atoms with Crippen molar-refractivity contribution in [3.8, 4) is 0 Å². The van der Waals surface area contributed by atoms with E-state index in [1.165, 1.54) is 18.6 Å². The van der Waals surface area contributed by atoms with E-state index >= 15 is 0 Å². The number of hydrogen-bond acceptors (Lipinski definition) is 2. The smallest absolute Gasteiger partial charge is 0.223 e. The van der Waals surface area contributed by atoms with Gasteiger partial charge in [0, 0.05) is 29.5 Å². The monoisotopic (exact) mass is 227 g/mol. The Labute approximate surface area is 96.8 Å². The van der Waals surface area contributed by atoms with E-state index in [-0.39, 0.29) is 0 Å². The van der Waals surface area contributed by atoms with Gasteiger partial charge in [-0.15, -0.1) is 0 Å². The summed E-state index contributed by atoms with van der Waals surface area (Å²) in [6.45, 7) is 7.52. The number of piperidine rings is 1. The van der Waals surface area contributed by atoms with Gasteiger partial charge in [0.1, 0.15) is 0 Å². The first kappa shape index (κ1) is 11.3. The first-order valence-corrected chi connectivity index (χ1v) is 6.92. The second-order valence-corrected chi connectivity index (χ2v) is 7.05. The minimum absolute atomic E-state index is 0.371. The average molecular weight is 227 g/mol. The molecule has 0 aromatic carbocycles. The van der Waals surface area contributed by atoms with Crippen LogP contribution in [0.1, 0.15) is 40.0 Å². The highest BCUT2D eigenvalue weighted by atomic mass is 32.2. The first-order chi connectivity index (χ1) is 7.00. The molecule has 0 saturated carbocycles. The van der Waals surface area contributed by atoms with Crippen molar-refractivity contribution in [2.45, 2.75) is 50.8 Å². The molecular formula is C12H21NOS. The maximum Gasteiger partial charge on any atom is 0.223 e. The van der Waals surface area contributed by atoms with Crippen LogP contribution in [0.3, 0.4) is 0 Å². The summed E-state index contributed by atoms with van der Waals surface area (Å²) in [7, 11) is 0. The van der Waals surface area contributed by atoms with E-state index in [1.807, 2.05) is 16.7 Å². The van der Waals surface area contributed by atoms with Gasteiger partial charge >= 0.3 is 0 Å². The Morgan fingerprint density at radius 1 is 1.60 bits per heavy atom. The fraction of sp³-hybridized carbons (Fsp3) is 0.917. The van der Waals surface area contributed by atoms with Crippen molar-refractivity contribution >= 4 is 17.7 Å². The van der Waals surface area contributed by atoms with E-state index in [2.05, 4.69) is 20.8 Å². The van der Waals surface area contributed by atoms with Crippen LogP contribution in [-0.2, 0) is 4.79 Å². The quantitative estimate of drug-likeness (QED) is 0.691. The summed E-state index contributed by atoms with van der Waals surface area (Å²) in [5.74, 6) is 2.31. The van der Waals surface area contributed by atoms with Crippen LogP contribution in [0.5, 0.6) is 0 Å². The van der Waals surface area contributed by atoms with Gasteiger partial charge in [-0.25, -0.2) is 0 Å². The second kappa shape index (κ2) is 4.00. The lowest BCUT2D eigenvalue weighted by Gasteiger charge is -2.35. The summed E-state index contributed by atoms with van der Waals surface area (Å²) in [4.78, 5) is 13.9. The average Bonchev–Trinajstić information content (AvgIpc) is 2.82. The molecule has 1 amide bonds. The number of hydrogen-bond donors (Lipinski definition) is 0. The van der Waals surface area contributed by atoms with Crippen molar-refractivity contribution in [3.05, 3.63) is 0 Å². The van der Waals surface area contributed by atoms with Gasteiger partial charge in [-0.2, -0.15) is 11.8 Å². The van der Waals surface area contributed by atoms with Gasteiger partial charge in [-0.1, -0.05) is 0 Å². The molecule has 15 heavy (non-hydrogen) atoms. The van der Waals surface area contributed by atoms with Crippen LogP contribution >= 0.6 is 11.8 Å². The summed E-state index contributed by atoms with van der Waals surface area (Å²) >= 11 is 2.05. The Balaban J connectivity index is 1.85. The molecule has 2 aliphatic rings. The van der Waals surface area contributed by atoms with Gasteiger partial charge in [0.25, 0.3) is 0 Å². The van der Waals surface area contributed by atoms with E-state index in [4.69, 9.17) is 0 Å². The normalized spacial score (nSPS) is 36.1. The van der Waals surface area contributed by atoms with Gasteiger partial charge in [-0.05, 0) is 39.5 Å². The number of nitrogens with zero attached hydrogens (tertiary/aromatic N) is 1. The zero-order valence-corrected chi connectivity index (χ0v) is 10.8. The second-order valence-electron chi connectivity index (χ2n) is 5.48. The molecular weight excluding hydrogens is 206 g/mol. The fourth-order valence-corrected chi connectivity index (χ4v) is 3.20. The molecule has 86 valence electrons. The predicted octanol–water partition coefficient (Wildman–Crippen LogP) is 2.53. The Bertz CT molecular complexity index is 260. The van der Waals surface area contributed by atoms with E-state index in [9.17, 15) is 4.79 Å². The third-order valence-electron chi connectivity index (χ3n) is 3.54. The molecule has 3 heteroatoms. The molecule has 0 aromatic heterocycles. The maximum atomic E-state index is 11.9. The van der Waals surface area contributed by atoms with Gasteiger partial charge in [0.2, 0.25) is 5.91 Å². The highest BCUT2D eigenvalue weighted by molar-refractivity contribution is 8.07. The largest absolute Gasteiger partial charge is 0.340 e. The highest BCUT2D eigenvalue weighted by Crippen LogP contribution is 2.50. The number of amides is 1. The van der Waals surface area contributed by atoms with Crippen molar-refractivity contribution in [1.29, 1.82) is 0 Å². The van der Waals surface area contributed by atoms with E-state index in [0.717, 1.165) is 13.0 Å². The molecule has 0 radical (unpaired) electrons. The molecule has 2 rings (SSSR count). The standard InChI is InChI=1S/C12H21NOS/c1-9(2)13-5-4-10(6-11(13)14)7-12(3)8-15-12/h9-10H,4-8H2,1-3H3. The van der Waals surface area contributed by atoms with Crippen LogP contribution in [0.15, 0.2) is 0 Å². The Kier molecular flexibility index (Phi) is 3.02. The minimum Gasteiger partial charge on any atom is -0.340 e. The van der Waals surface area contributed by atoms with Crippen molar-refractivity contribution in [1.82, 2.24) is 4.90 Å². The molecule has 0 aliphatic carbocycles. The number of thioether (sulfide) groups is 1. The number of rotatable bonds is 3. The Hall–Kier alpha value is -0.180. The number of carbonyl (C=O) groups is 1. The molecule has 0 aromatic rings. The van der Waals surface area contributed by atoms with Crippen LogP contribution in [0.2, 0.25) is 0 Å². The fourth-order valence-electron chi connectivity index (χ4n) is 2.48. The third-order valence-corrected chi connectivity index (χ3v) is 4.98. The maximum absolute atomic E-state index is 11.9. The molecule has 2 fully saturated rings. The molecule has 2 unspecified atom stereocenters. The van der Waals surface area contributed by atoms with Gasteiger partial charge in [0.15, 0.2) is 0 Å². The lowest BCUT2D eigenvalue weighted by atomic mass is 9.88. The summed E-state index contributed by atoms with van der Waals surface area (Å²) in [5, 5.41) is 0. The van der Waals surface area contributed by atoms with Crippen LogP contribution in [-0.4, -0.2) is 33.9 Å². The molecule has 2 saturated heterocycles. The molecule has 2 heterocycles. The topological polar surface area (TPSA) is 20.3 Å². The first-order valence-electron chi connectivity index (χ1n) is 5.94. The van der Waals surface area contributed by atoms with Gasteiger partial charge in [0.05, 0.1) is 0 Å². The van der Waals surface area contributed by atoms with Gasteiger partial charge < -0.3 is 4.90 Å². The van der Waals surface area contributed by atoms with Crippen molar-refractivity contribution in [2.75, 3.05) is 12.3 Å². The minimum atomic E-state index is 0.371. The molecule has 2 nitrogen and oxygen atoms in total. The van der Waals surface area contributed by atoms with Crippen molar-refractivity contribution in [2.24, 2.45) is 5.92 Å². The SMILES string of the molecule is CC(C)N1CCC(CC2(C)CS2)CC1=O. The third kappa shape index (κ3) is 2.68. The number of likely N-dealkylation sites (tertiary alicyclic amines) is 1. The molecule has 0 bridgehead atoms. The van der Waals surface area contributed by atoms with E-state index < -0.39 is 0 Å². The van der Waals surface area contributed by atoms with E-state index in [0.29, 0.717) is 22.6 Å². The lowest BCUT2D eigenvalue weighted by Crippen LogP contribution is -2.43. The summed E-state index contributed by atoms with van der Waals surface area (Å²) < 4.78 is 0.519. The molecule has 0 N–H and O–H groups in total. The van der Waals surface area contributed by atoms with Crippen molar-refractivity contribution in [3.63, 3.8) is 0 Å². The summed E-state index contributed by atoms with van der Waals surface area (Å²) in [6.07, 6.45) is 3.24. The van der Waals surface area contributed by atoms with Crippen LogP contribution < -0.4 is 0 Å². The highest BCUT2D eigenvalue weighted by Gasteiger charge is 2.42. The number of carbonyl (C=O) groups excluding carboxylic acids is 1. The lowest BCUT2D eigenvalue weighted by molar-refractivity contribution is -0.137. The molecule has 2 atom stereocenters. The van der Waals surface area contributed by atoms with Gasteiger partial charge in [-0.3, -0.25) is 4.79 Å². The molecule has 0 spiro atoms. The zero-order chi connectivity index (χ0) is 11.1. The summed E-state index contributed by atoms with van der Waals surface area (Å²) in [5.41, 5.74) is 0. The Morgan fingerprint density at radius 3 is 2.73 bits per heavy atom. The predicted molar refractivity (Wildman–Crippen MR) is 65.1 cm³/mol. The zero-order valence-electron chi connectivity index (χ0n) is 9.95. The van der Waals surface area contributed by atoms with Crippen LogP contribution in [0.25, 0.3) is 0 Å². The Morgan fingerprint density at radius 2 is 2.27 bits per heavy atom. The van der Waals surface area contributed by atoms with E-state index in [1.54, 1.807) is 0 Å². The van der Waals surface area contributed by atoms with Crippen LogP contribution in [0.4, 0.5) is 0 Å². The molecule has 2 aliphatic heterocycles. The van der Waals surface area contributed by atoms with Crippen LogP contribution in [0, 0.1) is 5.92 Å².